The molecule has 0 bridgehead atoms. The second kappa shape index (κ2) is 10.0. The van der Waals surface area contributed by atoms with Gasteiger partial charge >= 0.3 is 0 Å². The van der Waals surface area contributed by atoms with Crippen LogP contribution in [0.15, 0.2) is 30.3 Å². The van der Waals surface area contributed by atoms with Crippen molar-refractivity contribution in [1.82, 2.24) is 15.1 Å². The first-order valence-corrected chi connectivity index (χ1v) is 10.6. The van der Waals surface area contributed by atoms with Crippen LogP contribution >= 0.6 is 0 Å². The Balaban J connectivity index is 1.37. The molecule has 6 nitrogen and oxygen atoms in total. The molecule has 0 aromatic heterocycles. The molecule has 1 saturated carbocycles. The van der Waals surface area contributed by atoms with Gasteiger partial charge in [0.1, 0.15) is 0 Å². The highest BCUT2D eigenvalue weighted by Gasteiger charge is 2.27. The number of amides is 2. The lowest BCUT2D eigenvalue weighted by molar-refractivity contribution is -0.134. The number of nitrogens with zero attached hydrogens (tertiary/aromatic N) is 2. The molecule has 0 spiro atoms. The largest absolute Gasteiger partial charge is 0.352 e. The van der Waals surface area contributed by atoms with Gasteiger partial charge in [-0.3, -0.25) is 14.5 Å². The van der Waals surface area contributed by atoms with Gasteiger partial charge in [0, 0.05) is 32.2 Å². The quantitative estimate of drug-likeness (QED) is 0.775. The van der Waals surface area contributed by atoms with Gasteiger partial charge in [-0.2, -0.15) is 0 Å². The summed E-state index contributed by atoms with van der Waals surface area (Å²) in [6, 6.07) is 9.71. The van der Waals surface area contributed by atoms with Gasteiger partial charge in [0.15, 0.2) is 0 Å². The van der Waals surface area contributed by atoms with Crippen LogP contribution in [0.5, 0.6) is 0 Å². The molecule has 1 saturated heterocycles. The minimum absolute atomic E-state index is 0.00396. The van der Waals surface area contributed by atoms with Crippen molar-refractivity contribution in [3.05, 3.63) is 35.9 Å². The van der Waals surface area contributed by atoms with Gasteiger partial charge < -0.3 is 16.0 Å². The van der Waals surface area contributed by atoms with Crippen LogP contribution in [-0.4, -0.2) is 66.4 Å². The van der Waals surface area contributed by atoms with Crippen LogP contribution in [0.2, 0.25) is 0 Å². The van der Waals surface area contributed by atoms with E-state index in [4.69, 9.17) is 5.73 Å². The first-order valence-electron chi connectivity index (χ1n) is 10.6. The summed E-state index contributed by atoms with van der Waals surface area (Å²) >= 11 is 0. The Bertz CT molecular complexity index is 635. The van der Waals surface area contributed by atoms with E-state index in [2.05, 4.69) is 17.1 Å². The highest BCUT2D eigenvalue weighted by Crippen LogP contribution is 2.23. The number of carbonyl (C=O) groups excluding carboxylic acids is 2. The van der Waals surface area contributed by atoms with Crippen molar-refractivity contribution in [3.8, 4) is 0 Å². The van der Waals surface area contributed by atoms with Crippen LogP contribution in [0.1, 0.15) is 38.2 Å². The summed E-state index contributed by atoms with van der Waals surface area (Å²) in [6.07, 6.45) is 5.15. The number of carbonyl (C=O) groups is 2. The molecule has 2 fully saturated rings. The standard InChI is InChI=1S/C22H34N4O2/c1-17-7-9-19(10-8-17)24-21(27)16-25-11-13-26(14-12-25)22(28)20(23)15-18-5-3-2-4-6-18/h2-6,17,19-20H,7-16,23H2,1H3,(H,24,27). The number of hydrogen-bond acceptors (Lipinski definition) is 4. The number of rotatable bonds is 6. The summed E-state index contributed by atoms with van der Waals surface area (Å²) in [6.45, 7) is 5.41. The maximum atomic E-state index is 12.6. The number of benzene rings is 1. The van der Waals surface area contributed by atoms with Gasteiger partial charge in [-0.15, -0.1) is 0 Å². The molecule has 6 heteroatoms. The molecular formula is C22H34N4O2. The molecule has 1 aromatic rings. The van der Waals surface area contributed by atoms with E-state index in [9.17, 15) is 9.59 Å². The Kier molecular flexibility index (Phi) is 7.45. The second-order valence-corrected chi connectivity index (χ2v) is 8.42. The van der Waals surface area contributed by atoms with Gasteiger partial charge in [0.25, 0.3) is 0 Å². The van der Waals surface area contributed by atoms with Crippen molar-refractivity contribution in [1.29, 1.82) is 0 Å². The van der Waals surface area contributed by atoms with E-state index in [0.29, 0.717) is 32.1 Å². The van der Waals surface area contributed by atoms with Gasteiger partial charge in [-0.05, 0) is 43.6 Å². The zero-order valence-electron chi connectivity index (χ0n) is 17.0. The minimum Gasteiger partial charge on any atom is -0.352 e. The Morgan fingerprint density at radius 1 is 1.07 bits per heavy atom. The molecule has 1 atom stereocenters. The van der Waals surface area contributed by atoms with Crippen LogP contribution in [-0.2, 0) is 16.0 Å². The summed E-state index contributed by atoms with van der Waals surface area (Å²) in [5.41, 5.74) is 7.22. The average Bonchev–Trinajstić information content (AvgIpc) is 2.70. The number of nitrogens with two attached hydrogens (primary N) is 1. The van der Waals surface area contributed by atoms with Crippen LogP contribution in [0.3, 0.4) is 0 Å². The zero-order chi connectivity index (χ0) is 19.9. The van der Waals surface area contributed by atoms with E-state index in [1.54, 1.807) is 0 Å². The Morgan fingerprint density at radius 2 is 1.71 bits per heavy atom. The number of nitrogens with one attached hydrogen (secondary N) is 1. The average molecular weight is 387 g/mol. The van der Waals surface area contributed by atoms with E-state index in [1.165, 1.54) is 12.8 Å². The SMILES string of the molecule is CC1CCC(NC(=O)CN2CCN(C(=O)C(N)Cc3ccccc3)CC2)CC1. The normalized spacial score (nSPS) is 24.6. The Morgan fingerprint density at radius 3 is 2.36 bits per heavy atom. The fourth-order valence-electron chi connectivity index (χ4n) is 4.20. The highest BCUT2D eigenvalue weighted by atomic mass is 16.2. The molecule has 154 valence electrons. The van der Waals surface area contributed by atoms with Crippen molar-refractivity contribution >= 4 is 11.8 Å². The predicted molar refractivity (Wildman–Crippen MR) is 111 cm³/mol. The zero-order valence-corrected chi connectivity index (χ0v) is 17.0. The van der Waals surface area contributed by atoms with E-state index in [1.807, 2.05) is 35.2 Å². The third-order valence-electron chi connectivity index (χ3n) is 6.05. The summed E-state index contributed by atoms with van der Waals surface area (Å²) in [7, 11) is 0. The molecule has 3 N–H and O–H groups in total. The smallest absolute Gasteiger partial charge is 0.239 e. The summed E-state index contributed by atoms with van der Waals surface area (Å²) < 4.78 is 0. The van der Waals surface area contributed by atoms with Crippen LogP contribution in [0.25, 0.3) is 0 Å². The second-order valence-electron chi connectivity index (χ2n) is 8.42. The maximum absolute atomic E-state index is 12.6. The summed E-state index contributed by atoms with van der Waals surface area (Å²) in [5.74, 6) is 0.899. The molecule has 3 rings (SSSR count). The van der Waals surface area contributed by atoms with Gasteiger partial charge in [0.2, 0.25) is 11.8 Å². The van der Waals surface area contributed by atoms with E-state index in [-0.39, 0.29) is 11.8 Å². The van der Waals surface area contributed by atoms with Crippen molar-refractivity contribution in [2.75, 3.05) is 32.7 Å². The first-order chi connectivity index (χ1) is 13.5. The van der Waals surface area contributed by atoms with Gasteiger partial charge in [0.05, 0.1) is 12.6 Å². The van der Waals surface area contributed by atoms with Gasteiger partial charge in [-0.25, -0.2) is 0 Å². The Hall–Kier alpha value is -1.92. The molecule has 2 amide bonds. The summed E-state index contributed by atoms with van der Waals surface area (Å²) in [5, 5.41) is 3.19. The molecule has 1 aliphatic heterocycles. The molecule has 1 aliphatic carbocycles. The topological polar surface area (TPSA) is 78.7 Å². The lowest BCUT2D eigenvalue weighted by Crippen LogP contribution is -2.55. The van der Waals surface area contributed by atoms with Crippen molar-refractivity contribution in [2.45, 2.75) is 51.1 Å². The molecule has 28 heavy (non-hydrogen) atoms. The lowest BCUT2D eigenvalue weighted by Gasteiger charge is -2.36. The third-order valence-corrected chi connectivity index (χ3v) is 6.05. The number of hydrogen-bond donors (Lipinski definition) is 2. The molecule has 1 unspecified atom stereocenters. The van der Waals surface area contributed by atoms with Crippen LogP contribution in [0.4, 0.5) is 0 Å². The molecule has 1 aromatic carbocycles. The minimum atomic E-state index is -0.508. The third kappa shape index (κ3) is 6.04. The summed E-state index contributed by atoms with van der Waals surface area (Å²) in [4.78, 5) is 28.9. The van der Waals surface area contributed by atoms with Crippen molar-refractivity contribution in [3.63, 3.8) is 0 Å². The van der Waals surface area contributed by atoms with Gasteiger partial charge in [-0.1, -0.05) is 37.3 Å². The van der Waals surface area contributed by atoms with Crippen LogP contribution < -0.4 is 11.1 Å². The molecule has 0 radical (unpaired) electrons. The Labute approximate surface area is 168 Å². The molecular weight excluding hydrogens is 352 g/mol. The fraction of sp³-hybridized carbons (Fsp3) is 0.636. The maximum Gasteiger partial charge on any atom is 0.239 e. The van der Waals surface area contributed by atoms with E-state index in [0.717, 1.165) is 37.4 Å². The van der Waals surface area contributed by atoms with Crippen molar-refractivity contribution in [2.24, 2.45) is 11.7 Å². The lowest BCUT2D eigenvalue weighted by atomic mass is 9.87. The first kappa shape index (κ1) is 20.8. The van der Waals surface area contributed by atoms with E-state index < -0.39 is 6.04 Å². The van der Waals surface area contributed by atoms with Crippen molar-refractivity contribution < 1.29 is 9.59 Å². The highest BCUT2D eigenvalue weighted by molar-refractivity contribution is 5.82. The monoisotopic (exact) mass is 386 g/mol. The predicted octanol–water partition coefficient (Wildman–Crippen LogP) is 1.40. The van der Waals surface area contributed by atoms with E-state index >= 15 is 0 Å². The number of piperazine rings is 1. The fourth-order valence-corrected chi connectivity index (χ4v) is 4.20. The molecule has 1 heterocycles. The van der Waals surface area contributed by atoms with Crippen LogP contribution in [0, 0.1) is 5.92 Å². The molecule has 2 aliphatic rings.